The van der Waals surface area contributed by atoms with Gasteiger partial charge in [-0.1, -0.05) is 17.7 Å². The third kappa shape index (κ3) is 4.89. The van der Waals surface area contributed by atoms with E-state index in [1.165, 1.54) is 0 Å². The number of ether oxygens (including phenoxy) is 1. The summed E-state index contributed by atoms with van der Waals surface area (Å²) in [4.78, 5) is 12.8. The van der Waals surface area contributed by atoms with Gasteiger partial charge in [0.1, 0.15) is 17.9 Å². The number of amides is 1. The van der Waals surface area contributed by atoms with Gasteiger partial charge in [0.05, 0.1) is 18.0 Å². The molecule has 0 aliphatic carbocycles. The van der Waals surface area contributed by atoms with Gasteiger partial charge in [-0.3, -0.25) is 9.10 Å². The molecular formula is C21H24F2N2O4S. The number of nitrogens with one attached hydrogen (secondary N) is 1. The van der Waals surface area contributed by atoms with Crippen LogP contribution in [0.1, 0.15) is 37.4 Å². The average molecular weight is 438 g/mol. The number of nitrogens with zero attached hydrogens (tertiary/aromatic N) is 1. The SMILES string of the molecule is Cc1ccc2c(c1)C(NC(=O)CN(c1ccc(F)c(F)c1)S(C)(=O)=O)CC(C)(C)O2. The third-order valence-corrected chi connectivity index (χ3v) is 5.98. The number of hydrogen-bond donors (Lipinski definition) is 1. The van der Waals surface area contributed by atoms with E-state index in [-0.39, 0.29) is 11.7 Å². The highest BCUT2D eigenvalue weighted by Crippen LogP contribution is 2.39. The molecule has 1 aliphatic heterocycles. The molecule has 0 radical (unpaired) electrons. The van der Waals surface area contributed by atoms with Crippen molar-refractivity contribution in [3.05, 3.63) is 59.2 Å². The molecular weight excluding hydrogens is 414 g/mol. The maximum absolute atomic E-state index is 13.6. The van der Waals surface area contributed by atoms with Crippen LogP contribution in [0, 0.1) is 18.6 Å². The highest BCUT2D eigenvalue weighted by molar-refractivity contribution is 7.92. The summed E-state index contributed by atoms with van der Waals surface area (Å²) in [5.74, 6) is -2.21. The van der Waals surface area contributed by atoms with E-state index in [9.17, 15) is 22.0 Å². The summed E-state index contributed by atoms with van der Waals surface area (Å²) in [6.45, 7) is 5.16. The first-order valence-electron chi connectivity index (χ1n) is 9.37. The summed E-state index contributed by atoms with van der Waals surface area (Å²) >= 11 is 0. The lowest BCUT2D eigenvalue weighted by Gasteiger charge is -2.38. The minimum Gasteiger partial charge on any atom is -0.487 e. The standard InChI is InChI=1S/C21H24F2N2O4S/c1-13-5-8-19-15(9-13)18(11-21(2,3)29-19)24-20(26)12-25(30(4,27)28)14-6-7-16(22)17(23)10-14/h5-10,18H,11-12H2,1-4H3,(H,24,26). The van der Waals surface area contributed by atoms with Crippen LogP contribution in [-0.4, -0.2) is 32.7 Å². The molecule has 0 spiro atoms. The molecule has 2 aromatic carbocycles. The highest BCUT2D eigenvalue weighted by Gasteiger charge is 2.35. The van der Waals surface area contributed by atoms with Crippen LogP contribution in [0.3, 0.4) is 0 Å². The second kappa shape index (κ2) is 7.86. The second-order valence-electron chi connectivity index (χ2n) is 8.10. The third-order valence-electron chi connectivity index (χ3n) is 4.84. The molecule has 0 aromatic heterocycles. The zero-order chi connectivity index (χ0) is 22.3. The molecule has 1 unspecified atom stereocenters. The molecule has 1 atom stereocenters. The Morgan fingerprint density at radius 2 is 1.90 bits per heavy atom. The topological polar surface area (TPSA) is 75.7 Å². The average Bonchev–Trinajstić information content (AvgIpc) is 2.61. The van der Waals surface area contributed by atoms with Crippen LogP contribution < -0.4 is 14.4 Å². The van der Waals surface area contributed by atoms with Gasteiger partial charge in [0.25, 0.3) is 0 Å². The molecule has 0 saturated heterocycles. The van der Waals surface area contributed by atoms with Crippen LogP contribution in [0.15, 0.2) is 36.4 Å². The summed E-state index contributed by atoms with van der Waals surface area (Å²) in [6.07, 6.45) is 1.39. The number of rotatable bonds is 5. The Labute approximate surface area is 174 Å². The molecule has 0 saturated carbocycles. The molecule has 1 amide bonds. The van der Waals surface area contributed by atoms with Crippen molar-refractivity contribution in [3.8, 4) is 5.75 Å². The summed E-state index contributed by atoms with van der Waals surface area (Å²) in [7, 11) is -3.91. The van der Waals surface area contributed by atoms with Gasteiger partial charge in [-0.25, -0.2) is 17.2 Å². The van der Waals surface area contributed by atoms with Crippen molar-refractivity contribution in [2.24, 2.45) is 0 Å². The lowest BCUT2D eigenvalue weighted by atomic mass is 9.89. The van der Waals surface area contributed by atoms with E-state index < -0.39 is 39.7 Å². The molecule has 162 valence electrons. The van der Waals surface area contributed by atoms with Crippen LogP contribution in [0.2, 0.25) is 0 Å². The van der Waals surface area contributed by atoms with E-state index in [0.717, 1.165) is 39.9 Å². The van der Waals surface area contributed by atoms with Crippen molar-refractivity contribution in [2.75, 3.05) is 17.1 Å². The number of sulfonamides is 1. The molecule has 0 bridgehead atoms. The van der Waals surface area contributed by atoms with Crippen molar-refractivity contribution in [3.63, 3.8) is 0 Å². The summed E-state index contributed by atoms with van der Waals surface area (Å²) in [5, 5.41) is 2.86. The van der Waals surface area contributed by atoms with E-state index in [0.29, 0.717) is 12.2 Å². The monoisotopic (exact) mass is 438 g/mol. The minimum atomic E-state index is -3.91. The largest absolute Gasteiger partial charge is 0.487 e. The number of benzene rings is 2. The van der Waals surface area contributed by atoms with Gasteiger partial charge in [0, 0.05) is 18.1 Å². The predicted molar refractivity (Wildman–Crippen MR) is 110 cm³/mol. The number of halogens is 2. The van der Waals surface area contributed by atoms with Crippen molar-refractivity contribution in [2.45, 2.75) is 38.8 Å². The predicted octanol–water partition coefficient (Wildman–Crippen LogP) is 3.46. The second-order valence-corrected chi connectivity index (χ2v) is 10.0. The van der Waals surface area contributed by atoms with Crippen molar-refractivity contribution < 1.29 is 26.7 Å². The Morgan fingerprint density at radius 3 is 2.53 bits per heavy atom. The highest BCUT2D eigenvalue weighted by atomic mass is 32.2. The van der Waals surface area contributed by atoms with Crippen molar-refractivity contribution >= 4 is 21.6 Å². The Hall–Kier alpha value is -2.68. The Kier molecular flexibility index (Phi) is 5.77. The zero-order valence-electron chi connectivity index (χ0n) is 17.2. The summed E-state index contributed by atoms with van der Waals surface area (Å²) in [6, 6.07) is 7.97. The number of fused-ring (bicyclic) bond motifs is 1. The van der Waals surface area contributed by atoms with Gasteiger partial charge in [-0.05, 0) is 39.0 Å². The first kappa shape index (κ1) is 22.0. The van der Waals surface area contributed by atoms with E-state index in [2.05, 4.69) is 5.32 Å². The first-order chi connectivity index (χ1) is 13.9. The molecule has 0 fully saturated rings. The molecule has 1 aliphatic rings. The molecule has 1 N–H and O–H groups in total. The van der Waals surface area contributed by atoms with E-state index in [4.69, 9.17) is 4.74 Å². The van der Waals surface area contributed by atoms with Gasteiger partial charge in [-0.2, -0.15) is 0 Å². The molecule has 2 aromatic rings. The first-order valence-corrected chi connectivity index (χ1v) is 11.2. The Balaban J connectivity index is 1.86. The van der Waals surface area contributed by atoms with Gasteiger partial charge in [-0.15, -0.1) is 0 Å². The fourth-order valence-corrected chi connectivity index (χ4v) is 4.36. The molecule has 3 rings (SSSR count). The van der Waals surface area contributed by atoms with Crippen LogP contribution >= 0.6 is 0 Å². The minimum absolute atomic E-state index is 0.130. The Bertz CT molecular complexity index is 1090. The maximum atomic E-state index is 13.6. The number of carbonyl (C=O) groups is 1. The number of hydrogen-bond acceptors (Lipinski definition) is 4. The van der Waals surface area contributed by atoms with Gasteiger partial charge >= 0.3 is 0 Å². The van der Waals surface area contributed by atoms with Crippen molar-refractivity contribution in [1.29, 1.82) is 0 Å². The van der Waals surface area contributed by atoms with Gasteiger partial charge in [0.2, 0.25) is 15.9 Å². The lowest BCUT2D eigenvalue weighted by Crippen LogP contribution is -2.45. The van der Waals surface area contributed by atoms with Crippen LogP contribution in [-0.2, 0) is 14.8 Å². The van der Waals surface area contributed by atoms with Gasteiger partial charge in [0.15, 0.2) is 11.6 Å². The molecule has 30 heavy (non-hydrogen) atoms. The Morgan fingerprint density at radius 1 is 1.20 bits per heavy atom. The van der Waals surface area contributed by atoms with E-state index in [1.807, 2.05) is 39.0 Å². The van der Waals surface area contributed by atoms with Crippen LogP contribution in [0.25, 0.3) is 0 Å². The zero-order valence-corrected chi connectivity index (χ0v) is 18.0. The normalized spacial score (nSPS) is 17.6. The molecule has 6 nitrogen and oxygen atoms in total. The number of carbonyl (C=O) groups excluding carboxylic acids is 1. The summed E-state index contributed by atoms with van der Waals surface area (Å²) < 4.78 is 58.0. The number of aryl methyl sites for hydroxylation is 1. The fourth-order valence-electron chi connectivity index (χ4n) is 3.51. The lowest BCUT2D eigenvalue weighted by molar-refractivity contribution is -0.120. The van der Waals surface area contributed by atoms with Crippen molar-refractivity contribution in [1.82, 2.24) is 5.32 Å². The van der Waals surface area contributed by atoms with Crippen LogP contribution in [0.4, 0.5) is 14.5 Å². The van der Waals surface area contributed by atoms with Gasteiger partial charge < -0.3 is 10.1 Å². The van der Waals surface area contributed by atoms with E-state index in [1.54, 1.807) is 0 Å². The van der Waals surface area contributed by atoms with Crippen LogP contribution in [0.5, 0.6) is 5.75 Å². The molecule has 9 heteroatoms. The number of anilines is 1. The molecule has 1 heterocycles. The maximum Gasteiger partial charge on any atom is 0.241 e. The quantitative estimate of drug-likeness (QED) is 0.776. The van der Waals surface area contributed by atoms with E-state index >= 15 is 0 Å². The smallest absolute Gasteiger partial charge is 0.241 e. The summed E-state index contributed by atoms with van der Waals surface area (Å²) in [5.41, 5.74) is 1.14. The fraction of sp³-hybridized carbons (Fsp3) is 0.381.